The molecule has 0 aliphatic heterocycles. The molecule has 0 bridgehead atoms. The summed E-state index contributed by atoms with van der Waals surface area (Å²) < 4.78 is 2.36. The number of para-hydroxylation sites is 2. The minimum absolute atomic E-state index is 1.28. The lowest BCUT2D eigenvalue weighted by atomic mass is 10.1. The van der Waals surface area contributed by atoms with Crippen LogP contribution in [0.3, 0.4) is 0 Å². The smallest absolute Gasteiger partial charge is 0.0531 e. The van der Waals surface area contributed by atoms with Gasteiger partial charge in [0.2, 0.25) is 0 Å². The van der Waals surface area contributed by atoms with Gasteiger partial charge in [0.15, 0.2) is 0 Å². The highest BCUT2D eigenvalue weighted by atomic mass is 15.0. The number of rotatable bonds is 1. The molecule has 18 heavy (non-hydrogen) atoms. The molecule has 0 fully saturated rings. The molecule has 1 heteroatoms. The fourth-order valence-electron chi connectivity index (χ4n) is 2.75. The molecule has 3 aromatic rings. The Bertz CT molecular complexity index is 699. The van der Waals surface area contributed by atoms with Crippen LogP contribution in [0.25, 0.3) is 16.6 Å². The summed E-state index contributed by atoms with van der Waals surface area (Å²) in [5.74, 6) is 0. The quantitative estimate of drug-likeness (QED) is 0.583. The molecule has 0 atom stereocenters. The van der Waals surface area contributed by atoms with E-state index < -0.39 is 0 Å². The molecule has 0 aliphatic rings. The Kier molecular flexibility index (Phi) is 2.48. The molecule has 0 radical (unpaired) electrons. The van der Waals surface area contributed by atoms with Gasteiger partial charge in [-0.3, -0.25) is 0 Å². The van der Waals surface area contributed by atoms with Gasteiger partial charge < -0.3 is 4.57 Å². The maximum Gasteiger partial charge on any atom is 0.0531 e. The Balaban J connectivity index is 2.42. The summed E-state index contributed by atoms with van der Waals surface area (Å²) in [6.07, 6.45) is 0. The van der Waals surface area contributed by atoms with Crippen LogP contribution in [-0.2, 0) is 0 Å². The number of hydrogen-bond donors (Lipinski definition) is 0. The molecule has 1 heterocycles. The third-order valence-corrected chi connectivity index (χ3v) is 3.56. The molecule has 0 spiro atoms. The molecule has 0 saturated heterocycles. The highest BCUT2D eigenvalue weighted by molar-refractivity contribution is 5.83. The van der Waals surface area contributed by atoms with Crippen molar-refractivity contribution < 1.29 is 0 Å². The number of fused-ring (bicyclic) bond motifs is 1. The first-order valence-corrected chi connectivity index (χ1v) is 6.32. The van der Waals surface area contributed by atoms with E-state index in [9.17, 15) is 0 Å². The van der Waals surface area contributed by atoms with Crippen molar-refractivity contribution in [3.63, 3.8) is 0 Å². The van der Waals surface area contributed by atoms with Gasteiger partial charge in [0.25, 0.3) is 0 Å². The second-order valence-electron chi connectivity index (χ2n) is 4.92. The predicted molar refractivity (Wildman–Crippen MR) is 77.5 cm³/mol. The molecule has 0 saturated carbocycles. The SMILES string of the molecule is Cc1cccc(C)c1-n1c(C)cc2ccccc21. The van der Waals surface area contributed by atoms with Crippen LogP contribution < -0.4 is 0 Å². The first-order valence-electron chi connectivity index (χ1n) is 6.32. The molecule has 2 aromatic carbocycles. The maximum atomic E-state index is 2.36. The van der Waals surface area contributed by atoms with E-state index in [1.54, 1.807) is 0 Å². The van der Waals surface area contributed by atoms with Crippen LogP contribution in [0, 0.1) is 20.8 Å². The van der Waals surface area contributed by atoms with Crippen molar-refractivity contribution in [3.8, 4) is 5.69 Å². The maximum absolute atomic E-state index is 2.36. The Morgan fingerprint density at radius 3 is 2.17 bits per heavy atom. The van der Waals surface area contributed by atoms with E-state index >= 15 is 0 Å². The lowest BCUT2D eigenvalue weighted by Gasteiger charge is -2.14. The minimum atomic E-state index is 1.28. The van der Waals surface area contributed by atoms with Crippen molar-refractivity contribution in [2.24, 2.45) is 0 Å². The lowest BCUT2D eigenvalue weighted by Crippen LogP contribution is -2.01. The summed E-state index contributed by atoms with van der Waals surface area (Å²) in [7, 11) is 0. The van der Waals surface area contributed by atoms with E-state index in [-0.39, 0.29) is 0 Å². The van der Waals surface area contributed by atoms with E-state index in [2.05, 4.69) is 73.9 Å². The van der Waals surface area contributed by atoms with Crippen LogP contribution in [0.1, 0.15) is 16.8 Å². The Labute approximate surface area is 108 Å². The van der Waals surface area contributed by atoms with Crippen LogP contribution in [0.5, 0.6) is 0 Å². The summed E-state index contributed by atoms with van der Waals surface area (Å²) in [5, 5.41) is 1.30. The number of nitrogens with zero attached hydrogens (tertiary/aromatic N) is 1. The fraction of sp³-hybridized carbons (Fsp3) is 0.176. The standard InChI is InChI=1S/C17H17N/c1-12-7-6-8-13(2)17(12)18-14(3)11-15-9-4-5-10-16(15)18/h4-11H,1-3H3. The highest BCUT2D eigenvalue weighted by Crippen LogP contribution is 2.27. The molecule has 0 aliphatic carbocycles. The van der Waals surface area contributed by atoms with Gasteiger partial charge >= 0.3 is 0 Å². The zero-order valence-corrected chi connectivity index (χ0v) is 11.1. The molecule has 0 unspecified atom stereocenters. The summed E-state index contributed by atoms with van der Waals surface area (Å²) in [4.78, 5) is 0. The number of benzene rings is 2. The van der Waals surface area contributed by atoms with Crippen molar-refractivity contribution >= 4 is 10.9 Å². The first kappa shape index (κ1) is 11.1. The fourth-order valence-corrected chi connectivity index (χ4v) is 2.75. The normalized spacial score (nSPS) is 11.1. The topological polar surface area (TPSA) is 4.93 Å². The Morgan fingerprint density at radius 2 is 1.44 bits per heavy atom. The summed E-state index contributed by atoms with van der Waals surface area (Å²) in [6.45, 7) is 6.53. The largest absolute Gasteiger partial charge is 0.313 e. The van der Waals surface area contributed by atoms with Crippen LogP contribution in [-0.4, -0.2) is 4.57 Å². The van der Waals surface area contributed by atoms with Gasteiger partial charge in [-0.1, -0.05) is 36.4 Å². The van der Waals surface area contributed by atoms with Gasteiger partial charge in [-0.2, -0.15) is 0 Å². The van der Waals surface area contributed by atoms with Crippen LogP contribution in [0.4, 0.5) is 0 Å². The van der Waals surface area contributed by atoms with Crippen molar-refractivity contribution in [1.29, 1.82) is 0 Å². The summed E-state index contributed by atoms with van der Waals surface area (Å²) in [6, 6.07) is 17.3. The molecule has 0 amide bonds. The number of hydrogen-bond acceptors (Lipinski definition) is 0. The second kappa shape index (κ2) is 4.02. The highest BCUT2D eigenvalue weighted by Gasteiger charge is 2.10. The second-order valence-corrected chi connectivity index (χ2v) is 4.92. The van der Waals surface area contributed by atoms with E-state index in [1.807, 2.05) is 0 Å². The Hall–Kier alpha value is -2.02. The average Bonchev–Trinajstić information content (AvgIpc) is 2.66. The molecule has 0 N–H and O–H groups in total. The molecule has 1 nitrogen and oxygen atoms in total. The Morgan fingerprint density at radius 1 is 0.778 bits per heavy atom. The van der Waals surface area contributed by atoms with Crippen molar-refractivity contribution in [3.05, 3.63) is 65.4 Å². The van der Waals surface area contributed by atoms with Crippen LogP contribution in [0.2, 0.25) is 0 Å². The van der Waals surface area contributed by atoms with Crippen molar-refractivity contribution in [2.75, 3.05) is 0 Å². The van der Waals surface area contributed by atoms with Gasteiger partial charge in [-0.05, 0) is 44.0 Å². The summed E-state index contributed by atoms with van der Waals surface area (Å²) >= 11 is 0. The first-order chi connectivity index (χ1) is 8.68. The van der Waals surface area contributed by atoms with E-state index in [4.69, 9.17) is 0 Å². The van der Waals surface area contributed by atoms with Gasteiger partial charge in [0.1, 0.15) is 0 Å². The number of aryl methyl sites for hydroxylation is 3. The molecular weight excluding hydrogens is 218 g/mol. The van der Waals surface area contributed by atoms with E-state index in [0.717, 1.165) is 0 Å². The molecule has 3 rings (SSSR count). The van der Waals surface area contributed by atoms with E-state index in [1.165, 1.54) is 33.4 Å². The molecular formula is C17H17N. The third kappa shape index (κ3) is 1.55. The average molecular weight is 235 g/mol. The lowest BCUT2D eigenvalue weighted by molar-refractivity contribution is 1.02. The van der Waals surface area contributed by atoms with Gasteiger partial charge in [-0.25, -0.2) is 0 Å². The van der Waals surface area contributed by atoms with Crippen molar-refractivity contribution in [1.82, 2.24) is 4.57 Å². The monoisotopic (exact) mass is 235 g/mol. The zero-order chi connectivity index (χ0) is 12.7. The predicted octanol–water partition coefficient (Wildman–Crippen LogP) is 4.56. The summed E-state index contributed by atoms with van der Waals surface area (Å²) in [5.41, 5.74) is 6.52. The third-order valence-electron chi connectivity index (χ3n) is 3.56. The van der Waals surface area contributed by atoms with Crippen LogP contribution in [0.15, 0.2) is 48.5 Å². The van der Waals surface area contributed by atoms with Crippen molar-refractivity contribution in [2.45, 2.75) is 20.8 Å². The van der Waals surface area contributed by atoms with E-state index in [0.29, 0.717) is 0 Å². The van der Waals surface area contributed by atoms with Gasteiger partial charge in [-0.15, -0.1) is 0 Å². The molecule has 90 valence electrons. The van der Waals surface area contributed by atoms with Gasteiger partial charge in [0.05, 0.1) is 11.2 Å². The molecule has 1 aromatic heterocycles. The number of aromatic nitrogens is 1. The zero-order valence-electron chi connectivity index (χ0n) is 11.1. The van der Waals surface area contributed by atoms with Crippen LogP contribution >= 0.6 is 0 Å². The minimum Gasteiger partial charge on any atom is -0.313 e. The van der Waals surface area contributed by atoms with Gasteiger partial charge in [0, 0.05) is 11.1 Å².